The van der Waals surface area contributed by atoms with Crippen molar-refractivity contribution in [2.75, 3.05) is 31.0 Å². The first kappa shape index (κ1) is 28.6. The lowest BCUT2D eigenvalue weighted by molar-refractivity contribution is -0.119. The molecule has 0 radical (unpaired) electrons. The zero-order chi connectivity index (χ0) is 29.3. The molecule has 0 saturated carbocycles. The summed E-state index contributed by atoms with van der Waals surface area (Å²) in [5.41, 5.74) is 7.65. The van der Waals surface area contributed by atoms with Crippen molar-refractivity contribution in [2.45, 2.75) is 32.9 Å². The number of nitrogens with one attached hydrogen (secondary N) is 2. The highest BCUT2D eigenvalue weighted by Crippen LogP contribution is 2.46. The van der Waals surface area contributed by atoms with Gasteiger partial charge in [-0.15, -0.1) is 0 Å². The van der Waals surface area contributed by atoms with Crippen molar-refractivity contribution in [3.63, 3.8) is 0 Å². The van der Waals surface area contributed by atoms with Crippen molar-refractivity contribution >= 4 is 46.2 Å². The Morgan fingerprint density at radius 1 is 1.05 bits per heavy atom. The quantitative estimate of drug-likeness (QED) is 0.236. The Morgan fingerprint density at radius 2 is 1.85 bits per heavy atom. The number of thiocarbonyl (C=S) groups is 1. The van der Waals surface area contributed by atoms with Gasteiger partial charge in [0.15, 0.2) is 5.11 Å². The Labute approximate surface area is 250 Å². The minimum atomic E-state index is -0.283. The summed E-state index contributed by atoms with van der Waals surface area (Å²) in [5.74, 6) is 0.248. The molecule has 212 valence electrons. The SMILES string of the molecule is COCC(=O)Nc1cc(N2C(=S)N[C@@H](c3ccccn3)[C@@H]2c2c(C)c(C)n(-c3cccc(Cl)c3)c2C)ccc1OC. The first-order valence-electron chi connectivity index (χ1n) is 13.2. The Hall–Kier alpha value is -3.92. The number of benzene rings is 2. The Balaban J connectivity index is 1.69. The number of nitrogens with zero attached hydrogens (tertiary/aromatic N) is 3. The molecule has 0 aliphatic carbocycles. The lowest BCUT2D eigenvalue weighted by Gasteiger charge is -2.29. The van der Waals surface area contributed by atoms with Crippen molar-refractivity contribution < 1.29 is 14.3 Å². The molecule has 0 bridgehead atoms. The van der Waals surface area contributed by atoms with E-state index in [0.717, 1.165) is 39.6 Å². The van der Waals surface area contributed by atoms with Crippen molar-refractivity contribution in [2.24, 2.45) is 0 Å². The lowest BCUT2D eigenvalue weighted by Crippen LogP contribution is -2.30. The first-order valence-corrected chi connectivity index (χ1v) is 14.0. The standard InChI is InChI=1S/C31H32ClN5O3S/c1-18-19(2)36(22-10-8-9-21(32)15-22)20(3)28(18)30-29(24-11-6-7-14-33-24)35-31(41)37(30)23-12-13-26(40-5)25(16-23)34-27(38)17-39-4/h6-16,29-30H,17H2,1-5H3,(H,34,38)(H,35,41)/t29-,30-/m0/s1. The third-order valence-corrected chi connectivity index (χ3v) is 8.03. The summed E-state index contributed by atoms with van der Waals surface area (Å²) < 4.78 is 12.8. The summed E-state index contributed by atoms with van der Waals surface area (Å²) in [5, 5.41) is 7.65. The third-order valence-electron chi connectivity index (χ3n) is 7.48. The van der Waals surface area contributed by atoms with Crippen LogP contribution in [0.2, 0.25) is 5.02 Å². The molecule has 8 nitrogen and oxygen atoms in total. The van der Waals surface area contributed by atoms with E-state index < -0.39 is 0 Å². The van der Waals surface area contributed by atoms with Gasteiger partial charge in [0.25, 0.3) is 0 Å². The van der Waals surface area contributed by atoms with E-state index in [0.29, 0.717) is 21.6 Å². The molecule has 1 aliphatic heterocycles. The van der Waals surface area contributed by atoms with E-state index in [9.17, 15) is 4.79 Å². The molecule has 1 aliphatic rings. The van der Waals surface area contributed by atoms with Crippen LogP contribution in [0, 0.1) is 20.8 Å². The summed E-state index contributed by atoms with van der Waals surface area (Å²) in [6.07, 6.45) is 1.79. The van der Waals surface area contributed by atoms with E-state index in [4.69, 9.17) is 38.3 Å². The molecule has 3 heterocycles. The Kier molecular flexibility index (Phi) is 8.30. The number of hydrogen-bond acceptors (Lipinski definition) is 5. The predicted molar refractivity (Wildman–Crippen MR) is 166 cm³/mol. The summed E-state index contributed by atoms with van der Waals surface area (Å²) in [4.78, 5) is 19.2. The van der Waals surface area contributed by atoms with Crippen LogP contribution >= 0.6 is 23.8 Å². The van der Waals surface area contributed by atoms with Crippen LogP contribution in [0.25, 0.3) is 5.69 Å². The van der Waals surface area contributed by atoms with Crippen LogP contribution in [0.3, 0.4) is 0 Å². The number of methoxy groups -OCH3 is 2. The van der Waals surface area contributed by atoms with Gasteiger partial charge in [0, 0.05) is 46.7 Å². The fourth-order valence-corrected chi connectivity index (χ4v) is 6.16. The molecule has 2 N–H and O–H groups in total. The number of amides is 1. The van der Waals surface area contributed by atoms with E-state index in [1.54, 1.807) is 13.3 Å². The van der Waals surface area contributed by atoms with Gasteiger partial charge in [-0.05, 0) is 87.1 Å². The van der Waals surface area contributed by atoms with E-state index >= 15 is 0 Å². The maximum absolute atomic E-state index is 12.4. The number of carbonyl (C=O) groups excluding carboxylic acids is 1. The van der Waals surface area contributed by atoms with E-state index in [2.05, 4.69) is 46.9 Å². The second-order valence-electron chi connectivity index (χ2n) is 9.89. The molecule has 1 fully saturated rings. The topological polar surface area (TPSA) is 80.7 Å². The first-order chi connectivity index (χ1) is 19.7. The average molecular weight is 590 g/mol. The van der Waals surface area contributed by atoms with Gasteiger partial charge in [0.2, 0.25) is 5.91 Å². The summed E-state index contributed by atoms with van der Waals surface area (Å²) in [7, 11) is 3.04. The minimum Gasteiger partial charge on any atom is -0.495 e. The maximum Gasteiger partial charge on any atom is 0.250 e. The van der Waals surface area contributed by atoms with E-state index in [1.165, 1.54) is 7.11 Å². The Bertz CT molecular complexity index is 1610. The number of anilines is 2. The zero-order valence-electron chi connectivity index (χ0n) is 23.6. The molecule has 10 heteroatoms. The monoisotopic (exact) mass is 589 g/mol. The van der Waals surface area contributed by atoms with Gasteiger partial charge in [-0.3, -0.25) is 9.78 Å². The molecule has 5 rings (SSSR count). The largest absolute Gasteiger partial charge is 0.495 e. The average Bonchev–Trinajstić information content (AvgIpc) is 3.40. The molecule has 2 atom stereocenters. The highest BCUT2D eigenvalue weighted by atomic mass is 35.5. The van der Waals surface area contributed by atoms with Gasteiger partial charge in [-0.2, -0.15) is 0 Å². The molecule has 2 aromatic carbocycles. The van der Waals surface area contributed by atoms with Crippen LogP contribution in [0.15, 0.2) is 66.9 Å². The molecular formula is C31H32ClN5O3S. The second kappa shape index (κ2) is 11.9. The van der Waals surface area contributed by atoms with Crippen molar-refractivity contribution in [3.05, 3.63) is 100 Å². The normalized spacial score (nSPS) is 16.5. The van der Waals surface area contributed by atoms with Crippen LogP contribution in [-0.2, 0) is 9.53 Å². The van der Waals surface area contributed by atoms with Crippen molar-refractivity contribution in [1.82, 2.24) is 14.9 Å². The molecular weight excluding hydrogens is 558 g/mol. The highest BCUT2D eigenvalue weighted by Gasteiger charge is 2.43. The van der Waals surface area contributed by atoms with Gasteiger partial charge in [0.05, 0.1) is 30.6 Å². The fourth-order valence-electron chi connectivity index (χ4n) is 5.63. The van der Waals surface area contributed by atoms with E-state index in [-0.39, 0.29) is 24.6 Å². The molecule has 4 aromatic rings. The predicted octanol–water partition coefficient (Wildman–Crippen LogP) is 6.22. The van der Waals surface area contributed by atoms with Gasteiger partial charge < -0.3 is 29.6 Å². The number of aromatic nitrogens is 2. The third kappa shape index (κ3) is 5.40. The Morgan fingerprint density at radius 3 is 2.54 bits per heavy atom. The van der Waals surface area contributed by atoms with Gasteiger partial charge >= 0.3 is 0 Å². The molecule has 2 aromatic heterocycles. The van der Waals surface area contributed by atoms with E-state index in [1.807, 2.05) is 54.6 Å². The number of hydrogen-bond donors (Lipinski definition) is 2. The number of rotatable bonds is 8. The number of pyridine rings is 1. The molecule has 1 saturated heterocycles. The van der Waals surface area contributed by atoms with Crippen LogP contribution in [0.5, 0.6) is 5.75 Å². The molecule has 41 heavy (non-hydrogen) atoms. The molecule has 1 amide bonds. The number of ether oxygens (including phenoxy) is 2. The zero-order valence-corrected chi connectivity index (χ0v) is 25.1. The smallest absolute Gasteiger partial charge is 0.250 e. The molecule has 0 spiro atoms. The highest BCUT2D eigenvalue weighted by molar-refractivity contribution is 7.80. The second-order valence-corrected chi connectivity index (χ2v) is 10.7. The van der Waals surface area contributed by atoms with Gasteiger partial charge in [0.1, 0.15) is 12.4 Å². The van der Waals surface area contributed by atoms with Gasteiger partial charge in [-0.25, -0.2) is 0 Å². The molecule has 0 unspecified atom stereocenters. The fraction of sp³-hybridized carbons (Fsp3) is 0.258. The number of carbonyl (C=O) groups is 1. The summed E-state index contributed by atoms with van der Waals surface area (Å²) >= 11 is 12.4. The maximum atomic E-state index is 12.4. The van der Waals surface area contributed by atoms with Gasteiger partial charge in [-0.1, -0.05) is 23.7 Å². The van der Waals surface area contributed by atoms with Crippen LogP contribution in [0.4, 0.5) is 11.4 Å². The van der Waals surface area contributed by atoms with Crippen LogP contribution in [0.1, 0.15) is 40.3 Å². The number of halogens is 1. The summed E-state index contributed by atoms with van der Waals surface area (Å²) in [6.45, 7) is 6.30. The lowest BCUT2D eigenvalue weighted by atomic mass is 9.93. The van der Waals surface area contributed by atoms with Crippen LogP contribution in [-0.4, -0.2) is 41.4 Å². The van der Waals surface area contributed by atoms with Crippen molar-refractivity contribution in [1.29, 1.82) is 0 Å². The minimum absolute atomic E-state index is 0.0733. The summed E-state index contributed by atoms with van der Waals surface area (Å²) in [6, 6.07) is 18.9. The van der Waals surface area contributed by atoms with Crippen LogP contribution < -0.4 is 20.3 Å². The van der Waals surface area contributed by atoms with Crippen molar-refractivity contribution in [3.8, 4) is 11.4 Å².